The number of hydrogen-bond donors (Lipinski definition) is 0. The molecule has 23 heavy (non-hydrogen) atoms. The van der Waals surface area contributed by atoms with Crippen LogP contribution in [0.1, 0.15) is 18.1 Å². The number of benzene rings is 2. The minimum Gasteiger partial charge on any atom is -0.269 e. The summed E-state index contributed by atoms with van der Waals surface area (Å²) in [7, 11) is 0. The van der Waals surface area contributed by atoms with Gasteiger partial charge in [0.2, 0.25) is 0 Å². The fourth-order valence-corrected chi connectivity index (χ4v) is 2.48. The molecule has 1 heterocycles. The number of azo groups is 1. The molecule has 0 N–H and O–H groups in total. The molecule has 2 aromatic carbocycles. The van der Waals surface area contributed by atoms with Crippen LogP contribution in [0.5, 0.6) is 0 Å². The molecule has 2 aromatic rings. The van der Waals surface area contributed by atoms with Crippen molar-refractivity contribution in [2.45, 2.75) is 26.8 Å². The molecule has 1 aliphatic rings. The maximum absolute atomic E-state index is 12.5. The Kier molecular flexibility index (Phi) is 4.02. The van der Waals surface area contributed by atoms with Crippen LogP contribution in [0.25, 0.3) is 0 Å². The van der Waals surface area contributed by atoms with Gasteiger partial charge in [-0.05, 0) is 44.5 Å². The molecule has 1 aliphatic heterocycles. The molecule has 1 atom stereocenters. The number of para-hydroxylation sites is 1. The molecule has 3 rings (SSSR count). The van der Waals surface area contributed by atoms with Crippen molar-refractivity contribution in [2.24, 2.45) is 15.3 Å². The number of carbonyl (C=O) groups is 1. The summed E-state index contributed by atoms with van der Waals surface area (Å²) in [4.78, 5) is 12.5. The number of hydrazone groups is 1. The van der Waals surface area contributed by atoms with Gasteiger partial charge in [0.25, 0.3) is 5.91 Å². The van der Waals surface area contributed by atoms with Crippen LogP contribution in [0.2, 0.25) is 0 Å². The summed E-state index contributed by atoms with van der Waals surface area (Å²) in [6.45, 7) is 5.81. The minimum atomic E-state index is -0.657. The highest BCUT2D eigenvalue weighted by Gasteiger charge is 2.34. The van der Waals surface area contributed by atoms with Gasteiger partial charge in [0.1, 0.15) is 0 Å². The predicted molar refractivity (Wildman–Crippen MR) is 91.3 cm³/mol. The highest BCUT2D eigenvalue weighted by atomic mass is 16.2. The van der Waals surface area contributed by atoms with Crippen LogP contribution in [-0.2, 0) is 4.79 Å². The summed E-state index contributed by atoms with van der Waals surface area (Å²) in [5.74, 6) is -0.179. The molecule has 0 bridgehead atoms. The van der Waals surface area contributed by atoms with Crippen LogP contribution >= 0.6 is 0 Å². The Hall–Kier alpha value is -2.82. The molecule has 0 spiro atoms. The molecule has 5 nitrogen and oxygen atoms in total. The van der Waals surface area contributed by atoms with Gasteiger partial charge in [-0.2, -0.15) is 20.3 Å². The normalized spacial score (nSPS) is 17.9. The molecule has 0 saturated carbocycles. The van der Waals surface area contributed by atoms with Crippen molar-refractivity contribution >= 4 is 23.0 Å². The zero-order valence-corrected chi connectivity index (χ0v) is 13.4. The standard InChI is InChI=1S/C18H18N4O/c1-12-9-10-16(13(2)11-12)19-20-17-14(3)21-22(18(17)23)15-7-5-4-6-8-15/h4-11,17H,1-3H3/b20-19+. The Morgan fingerprint density at radius 3 is 2.48 bits per heavy atom. The average molecular weight is 306 g/mol. The van der Waals surface area contributed by atoms with E-state index in [0.29, 0.717) is 5.71 Å². The van der Waals surface area contributed by atoms with Crippen molar-refractivity contribution in [3.8, 4) is 0 Å². The van der Waals surface area contributed by atoms with E-state index in [-0.39, 0.29) is 5.91 Å². The zero-order valence-electron chi connectivity index (χ0n) is 13.4. The van der Waals surface area contributed by atoms with Gasteiger partial charge in [-0.25, -0.2) is 0 Å². The third-order valence-electron chi connectivity index (χ3n) is 3.73. The summed E-state index contributed by atoms with van der Waals surface area (Å²) < 4.78 is 0. The van der Waals surface area contributed by atoms with Gasteiger partial charge in [-0.15, -0.1) is 0 Å². The Bertz CT molecular complexity index is 796. The molecule has 5 heteroatoms. The lowest BCUT2D eigenvalue weighted by molar-refractivity contribution is -0.117. The van der Waals surface area contributed by atoms with Gasteiger partial charge in [0.05, 0.1) is 17.1 Å². The highest BCUT2D eigenvalue weighted by molar-refractivity contribution is 6.18. The van der Waals surface area contributed by atoms with Gasteiger partial charge in [0, 0.05) is 0 Å². The monoisotopic (exact) mass is 306 g/mol. The number of carbonyl (C=O) groups excluding carboxylic acids is 1. The fourth-order valence-electron chi connectivity index (χ4n) is 2.48. The third-order valence-corrected chi connectivity index (χ3v) is 3.73. The zero-order chi connectivity index (χ0) is 16.4. The van der Waals surface area contributed by atoms with Gasteiger partial charge in [-0.3, -0.25) is 4.79 Å². The summed E-state index contributed by atoms with van der Waals surface area (Å²) in [5, 5.41) is 14.2. The van der Waals surface area contributed by atoms with E-state index >= 15 is 0 Å². The lowest BCUT2D eigenvalue weighted by Crippen LogP contribution is -2.29. The Balaban J connectivity index is 1.83. The van der Waals surface area contributed by atoms with Crippen molar-refractivity contribution in [3.05, 3.63) is 59.7 Å². The van der Waals surface area contributed by atoms with Crippen LogP contribution < -0.4 is 5.01 Å². The van der Waals surface area contributed by atoms with E-state index in [4.69, 9.17) is 0 Å². The molecular formula is C18H18N4O. The van der Waals surface area contributed by atoms with E-state index in [1.165, 1.54) is 10.6 Å². The largest absolute Gasteiger partial charge is 0.280 e. The summed E-state index contributed by atoms with van der Waals surface area (Å²) in [6.07, 6.45) is 0. The van der Waals surface area contributed by atoms with Crippen molar-refractivity contribution < 1.29 is 4.79 Å². The third kappa shape index (κ3) is 3.04. The topological polar surface area (TPSA) is 57.4 Å². The van der Waals surface area contributed by atoms with Crippen LogP contribution in [-0.4, -0.2) is 17.7 Å². The Morgan fingerprint density at radius 1 is 1.04 bits per heavy atom. The SMILES string of the molecule is CC1=NN(c2ccccc2)C(=O)C1/N=N/c1ccc(C)cc1C. The number of hydrogen-bond acceptors (Lipinski definition) is 4. The molecule has 0 fully saturated rings. The fraction of sp³-hybridized carbons (Fsp3) is 0.222. The quantitative estimate of drug-likeness (QED) is 0.785. The first-order valence-corrected chi connectivity index (χ1v) is 7.48. The van der Waals surface area contributed by atoms with Crippen molar-refractivity contribution in [3.63, 3.8) is 0 Å². The van der Waals surface area contributed by atoms with Gasteiger partial charge < -0.3 is 0 Å². The molecule has 0 aromatic heterocycles. The second-order valence-electron chi connectivity index (χ2n) is 5.63. The second-order valence-corrected chi connectivity index (χ2v) is 5.63. The minimum absolute atomic E-state index is 0.179. The smallest absolute Gasteiger partial charge is 0.269 e. The number of aryl methyl sites for hydroxylation is 2. The van der Waals surface area contributed by atoms with Crippen LogP contribution in [0, 0.1) is 13.8 Å². The Morgan fingerprint density at radius 2 is 1.78 bits per heavy atom. The molecule has 1 unspecified atom stereocenters. The first-order chi connectivity index (χ1) is 11.1. The van der Waals surface area contributed by atoms with Crippen LogP contribution in [0.15, 0.2) is 63.9 Å². The summed E-state index contributed by atoms with van der Waals surface area (Å²) in [5.41, 5.74) is 4.36. The molecule has 0 saturated heterocycles. The summed E-state index contributed by atoms with van der Waals surface area (Å²) >= 11 is 0. The molecule has 0 radical (unpaired) electrons. The lowest BCUT2D eigenvalue weighted by atomic mass is 10.1. The molecular weight excluding hydrogens is 288 g/mol. The maximum atomic E-state index is 12.5. The van der Waals surface area contributed by atoms with Crippen molar-refractivity contribution in [1.29, 1.82) is 0 Å². The first kappa shape index (κ1) is 15.1. The van der Waals surface area contributed by atoms with E-state index < -0.39 is 6.04 Å². The molecule has 1 amide bonds. The van der Waals surface area contributed by atoms with Crippen LogP contribution in [0.3, 0.4) is 0 Å². The maximum Gasteiger partial charge on any atom is 0.280 e. The van der Waals surface area contributed by atoms with Gasteiger partial charge >= 0.3 is 0 Å². The number of amides is 1. The van der Waals surface area contributed by atoms with E-state index in [1.807, 2.05) is 62.4 Å². The predicted octanol–water partition coefficient (Wildman–Crippen LogP) is 4.18. The molecule has 116 valence electrons. The van der Waals surface area contributed by atoms with Crippen molar-refractivity contribution in [2.75, 3.05) is 5.01 Å². The summed E-state index contributed by atoms with van der Waals surface area (Å²) in [6, 6.07) is 14.6. The van der Waals surface area contributed by atoms with Gasteiger partial charge in [-0.1, -0.05) is 35.9 Å². The molecule has 0 aliphatic carbocycles. The second kappa shape index (κ2) is 6.12. The number of rotatable bonds is 3. The van der Waals surface area contributed by atoms with E-state index in [0.717, 1.165) is 16.9 Å². The Labute approximate surface area is 135 Å². The van der Waals surface area contributed by atoms with E-state index in [2.05, 4.69) is 15.3 Å². The highest BCUT2D eigenvalue weighted by Crippen LogP contribution is 2.24. The van der Waals surface area contributed by atoms with E-state index in [1.54, 1.807) is 6.92 Å². The number of anilines is 1. The van der Waals surface area contributed by atoms with E-state index in [9.17, 15) is 4.79 Å². The first-order valence-electron chi connectivity index (χ1n) is 7.48. The van der Waals surface area contributed by atoms with Gasteiger partial charge in [0.15, 0.2) is 6.04 Å². The van der Waals surface area contributed by atoms with Crippen LogP contribution in [0.4, 0.5) is 11.4 Å². The van der Waals surface area contributed by atoms with Crippen molar-refractivity contribution in [1.82, 2.24) is 0 Å². The average Bonchev–Trinajstić information content (AvgIpc) is 2.82. The number of nitrogens with zero attached hydrogens (tertiary/aromatic N) is 4. The lowest BCUT2D eigenvalue weighted by Gasteiger charge is -2.11.